The summed E-state index contributed by atoms with van der Waals surface area (Å²) < 4.78 is 44.9. The maximum absolute atomic E-state index is 13.2. The van der Waals surface area contributed by atoms with E-state index in [-0.39, 0.29) is 25.2 Å². The number of nitrogens with zero attached hydrogens (tertiary/aromatic N) is 1. The second-order valence-electron chi connectivity index (χ2n) is 7.41. The summed E-state index contributed by atoms with van der Waals surface area (Å²) in [7, 11) is 0. The van der Waals surface area contributed by atoms with Crippen LogP contribution in [0.1, 0.15) is 38.3 Å². The van der Waals surface area contributed by atoms with Crippen LogP contribution in [-0.2, 0) is 21.1 Å². The molecule has 1 atom stereocenters. The lowest BCUT2D eigenvalue weighted by molar-refractivity contribution is -0.136. The van der Waals surface area contributed by atoms with Gasteiger partial charge in [0.25, 0.3) is 0 Å². The molecule has 1 fully saturated rings. The van der Waals surface area contributed by atoms with E-state index in [2.05, 4.69) is 5.32 Å². The summed E-state index contributed by atoms with van der Waals surface area (Å²) in [6.45, 7) is 5.43. The standard InChI is InChI=1S/C17H19F3N2O3/c1-15(2,3)25-14(24)22-8-7-16(9-22)10-5-4-6-11(17(18,19)20)12(10)21-13(16)23/h4-6H,7-9H2,1-3H3,(H,21,23)/t16-/m0/s1. The van der Waals surface area contributed by atoms with Crippen molar-refractivity contribution >= 4 is 17.7 Å². The number of carbonyl (C=O) groups excluding carboxylic acids is 2. The quantitative estimate of drug-likeness (QED) is 0.774. The molecule has 0 aliphatic carbocycles. The molecule has 0 saturated carbocycles. The minimum absolute atomic E-state index is 0.00204. The van der Waals surface area contributed by atoms with Crippen molar-refractivity contribution in [2.75, 3.05) is 18.4 Å². The van der Waals surface area contributed by atoms with Gasteiger partial charge in [0.05, 0.1) is 16.7 Å². The number of benzene rings is 1. The molecule has 2 amide bonds. The number of halogens is 3. The summed E-state index contributed by atoms with van der Waals surface area (Å²) in [5, 5.41) is 2.38. The van der Waals surface area contributed by atoms with E-state index >= 15 is 0 Å². The van der Waals surface area contributed by atoms with Gasteiger partial charge in [-0.2, -0.15) is 13.2 Å². The number of nitrogens with one attached hydrogen (secondary N) is 1. The molecule has 25 heavy (non-hydrogen) atoms. The van der Waals surface area contributed by atoms with Crippen molar-refractivity contribution in [3.05, 3.63) is 29.3 Å². The Morgan fingerprint density at radius 2 is 1.96 bits per heavy atom. The van der Waals surface area contributed by atoms with Crippen molar-refractivity contribution in [3.63, 3.8) is 0 Å². The second-order valence-corrected chi connectivity index (χ2v) is 7.41. The van der Waals surface area contributed by atoms with Crippen LogP contribution in [-0.4, -0.2) is 35.6 Å². The monoisotopic (exact) mass is 356 g/mol. The fourth-order valence-corrected chi connectivity index (χ4v) is 3.37. The zero-order chi connectivity index (χ0) is 18.6. The van der Waals surface area contributed by atoms with Crippen molar-refractivity contribution in [2.45, 2.75) is 44.4 Å². The smallest absolute Gasteiger partial charge is 0.418 e. The third kappa shape index (κ3) is 2.94. The van der Waals surface area contributed by atoms with Crippen molar-refractivity contribution in [1.29, 1.82) is 0 Å². The first kappa shape index (κ1) is 17.6. The van der Waals surface area contributed by atoms with Gasteiger partial charge in [-0.25, -0.2) is 4.79 Å². The van der Waals surface area contributed by atoms with Crippen LogP contribution in [0.15, 0.2) is 18.2 Å². The minimum Gasteiger partial charge on any atom is -0.444 e. The molecule has 0 bridgehead atoms. The molecule has 136 valence electrons. The number of carbonyl (C=O) groups is 2. The SMILES string of the molecule is CC(C)(C)OC(=O)N1CC[C@@]2(C1)C(=O)Nc1c(C(F)(F)F)cccc12. The zero-order valence-corrected chi connectivity index (χ0v) is 14.2. The molecule has 0 unspecified atom stereocenters. The number of fused-ring (bicyclic) bond motifs is 2. The number of hydrogen-bond donors (Lipinski definition) is 1. The van der Waals surface area contributed by atoms with Crippen LogP contribution < -0.4 is 5.32 Å². The minimum atomic E-state index is -4.56. The topological polar surface area (TPSA) is 58.6 Å². The summed E-state index contributed by atoms with van der Waals surface area (Å²) in [4.78, 5) is 26.1. The Labute approximate surface area is 143 Å². The fourth-order valence-electron chi connectivity index (χ4n) is 3.37. The molecule has 8 heteroatoms. The molecule has 1 aromatic rings. The molecule has 2 heterocycles. The van der Waals surface area contributed by atoms with Gasteiger partial charge in [-0.05, 0) is 38.8 Å². The van der Waals surface area contributed by atoms with Gasteiger partial charge in [-0.1, -0.05) is 12.1 Å². The molecule has 3 rings (SSSR count). The number of likely N-dealkylation sites (tertiary alicyclic amines) is 1. The van der Waals surface area contributed by atoms with Crippen LogP contribution in [0.4, 0.5) is 23.7 Å². The lowest BCUT2D eigenvalue weighted by Gasteiger charge is -2.26. The maximum atomic E-state index is 13.2. The first-order valence-electron chi connectivity index (χ1n) is 7.94. The van der Waals surface area contributed by atoms with Crippen LogP contribution >= 0.6 is 0 Å². The van der Waals surface area contributed by atoms with E-state index in [1.807, 2.05) is 0 Å². The zero-order valence-electron chi connectivity index (χ0n) is 14.2. The Kier molecular flexibility index (Phi) is 3.78. The van der Waals surface area contributed by atoms with E-state index < -0.39 is 34.8 Å². The average Bonchev–Trinajstić information content (AvgIpc) is 3.01. The highest BCUT2D eigenvalue weighted by atomic mass is 19.4. The van der Waals surface area contributed by atoms with Gasteiger partial charge in [0, 0.05) is 13.1 Å². The maximum Gasteiger partial charge on any atom is 0.418 e. The molecule has 0 aromatic heterocycles. The van der Waals surface area contributed by atoms with E-state index in [4.69, 9.17) is 4.74 Å². The molecule has 1 aromatic carbocycles. The van der Waals surface area contributed by atoms with Crippen molar-refractivity contribution in [2.24, 2.45) is 0 Å². The Morgan fingerprint density at radius 1 is 1.28 bits per heavy atom. The first-order valence-corrected chi connectivity index (χ1v) is 7.94. The molecule has 1 saturated heterocycles. The Bertz CT molecular complexity index is 740. The summed E-state index contributed by atoms with van der Waals surface area (Å²) >= 11 is 0. The van der Waals surface area contributed by atoms with Gasteiger partial charge in [-0.3, -0.25) is 4.79 Å². The first-order chi connectivity index (χ1) is 11.4. The number of anilines is 1. The van der Waals surface area contributed by atoms with E-state index in [0.717, 1.165) is 6.07 Å². The van der Waals surface area contributed by atoms with Crippen molar-refractivity contribution < 1.29 is 27.5 Å². The normalized spacial score (nSPS) is 23.0. The molecule has 1 N–H and O–H groups in total. The summed E-state index contributed by atoms with van der Waals surface area (Å²) in [6.07, 6.45) is -4.88. The molecule has 2 aliphatic rings. The van der Waals surface area contributed by atoms with Crippen molar-refractivity contribution in [3.8, 4) is 0 Å². The van der Waals surface area contributed by atoms with Gasteiger partial charge in [0.2, 0.25) is 5.91 Å². The average molecular weight is 356 g/mol. The Morgan fingerprint density at radius 3 is 2.56 bits per heavy atom. The van der Waals surface area contributed by atoms with Gasteiger partial charge in [-0.15, -0.1) is 0 Å². The molecule has 5 nitrogen and oxygen atoms in total. The van der Waals surface area contributed by atoms with Crippen LogP contribution in [0.3, 0.4) is 0 Å². The number of para-hydroxylation sites is 1. The summed E-state index contributed by atoms with van der Waals surface area (Å²) in [6, 6.07) is 3.75. The van der Waals surface area contributed by atoms with Gasteiger partial charge >= 0.3 is 12.3 Å². The summed E-state index contributed by atoms with van der Waals surface area (Å²) in [5.41, 5.74) is -2.63. The van der Waals surface area contributed by atoms with Crippen LogP contribution in [0.2, 0.25) is 0 Å². The van der Waals surface area contributed by atoms with E-state index in [1.165, 1.54) is 17.0 Å². The van der Waals surface area contributed by atoms with Crippen LogP contribution in [0.25, 0.3) is 0 Å². The summed E-state index contributed by atoms with van der Waals surface area (Å²) in [5.74, 6) is -0.509. The fraction of sp³-hybridized carbons (Fsp3) is 0.529. The van der Waals surface area contributed by atoms with Crippen LogP contribution in [0.5, 0.6) is 0 Å². The number of alkyl halides is 3. The highest BCUT2D eigenvalue weighted by molar-refractivity contribution is 6.07. The number of amides is 2. The third-order valence-electron chi connectivity index (χ3n) is 4.48. The van der Waals surface area contributed by atoms with E-state index in [0.29, 0.717) is 5.56 Å². The number of ether oxygens (including phenoxy) is 1. The van der Waals surface area contributed by atoms with Gasteiger partial charge < -0.3 is 15.0 Å². The number of hydrogen-bond acceptors (Lipinski definition) is 3. The van der Waals surface area contributed by atoms with Gasteiger partial charge in [0.15, 0.2) is 0 Å². The molecule has 1 spiro atoms. The highest BCUT2D eigenvalue weighted by Crippen LogP contribution is 2.48. The largest absolute Gasteiger partial charge is 0.444 e. The van der Waals surface area contributed by atoms with Crippen molar-refractivity contribution in [1.82, 2.24) is 4.90 Å². The second kappa shape index (κ2) is 5.37. The molecule has 2 aliphatic heterocycles. The lowest BCUT2D eigenvalue weighted by atomic mass is 9.80. The van der Waals surface area contributed by atoms with E-state index in [9.17, 15) is 22.8 Å². The Hall–Kier alpha value is -2.25. The molecule has 0 radical (unpaired) electrons. The van der Waals surface area contributed by atoms with E-state index in [1.54, 1.807) is 20.8 Å². The molecular formula is C17H19F3N2O3. The third-order valence-corrected chi connectivity index (χ3v) is 4.48. The van der Waals surface area contributed by atoms with Gasteiger partial charge in [0.1, 0.15) is 5.60 Å². The number of rotatable bonds is 0. The highest BCUT2D eigenvalue weighted by Gasteiger charge is 2.54. The van der Waals surface area contributed by atoms with Crippen LogP contribution in [0, 0.1) is 0 Å². The Balaban J connectivity index is 1.93. The predicted octanol–water partition coefficient (Wildman–Crippen LogP) is 3.54. The molecular weight excluding hydrogens is 337 g/mol. The lowest BCUT2D eigenvalue weighted by Crippen LogP contribution is -2.41. The predicted molar refractivity (Wildman–Crippen MR) is 84.2 cm³/mol.